The van der Waals surface area contributed by atoms with Crippen molar-refractivity contribution in [2.75, 3.05) is 27.5 Å². The molecule has 0 amide bonds. The second-order valence-corrected chi connectivity index (χ2v) is 5.64. The Morgan fingerprint density at radius 3 is 2.80 bits per heavy atom. The highest BCUT2D eigenvalue weighted by Gasteiger charge is 2.12. The number of rotatable bonds is 6. The molecular weight excluding hydrogens is 318 g/mol. The first-order valence-electron chi connectivity index (χ1n) is 8.24. The normalized spacial score (nSPS) is 12.8. The predicted octanol–water partition coefficient (Wildman–Crippen LogP) is 2.33. The molecule has 0 saturated carbocycles. The second kappa shape index (κ2) is 8.28. The molecule has 0 bridgehead atoms. The molecule has 1 aliphatic rings. The Morgan fingerprint density at radius 1 is 1.08 bits per heavy atom. The Labute approximate surface area is 147 Å². The minimum absolute atomic E-state index is 0.303. The van der Waals surface area contributed by atoms with Crippen LogP contribution in [0.25, 0.3) is 0 Å². The molecule has 6 nitrogen and oxygen atoms in total. The van der Waals surface area contributed by atoms with Crippen molar-refractivity contribution in [1.82, 2.24) is 10.6 Å². The summed E-state index contributed by atoms with van der Waals surface area (Å²) in [4.78, 5) is 4.25. The lowest BCUT2D eigenvalue weighted by Gasteiger charge is -2.12. The predicted molar refractivity (Wildman–Crippen MR) is 97.5 cm³/mol. The van der Waals surface area contributed by atoms with Crippen molar-refractivity contribution >= 4 is 5.96 Å². The van der Waals surface area contributed by atoms with Gasteiger partial charge in [-0.2, -0.15) is 0 Å². The van der Waals surface area contributed by atoms with Crippen LogP contribution >= 0.6 is 0 Å². The van der Waals surface area contributed by atoms with Gasteiger partial charge in [-0.15, -0.1) is 0 Å². The lowest BCUT2D eigenvalue weighted by Crippen LogP contribution is -2.37. The van der Waals surface area contributed by atoms with Gasteiger partial charge in [0.15, 0.2) is 17.5 Å². The van der Waals surface area contributed by atoms with Gasteiger partial charge in [-0.25, -0.2) is 0 Å². The summed E-state index contributed by atoms with van der Waals surface area (Å²) < 4.78 is 16.0. The summed E-state index contributed by atoms with van der Waals surface area (Å²) in [6, 6.07) is 14.0. The van der Waals surface area contributed by atoms with E-state index in [9.17, 15) is 0 Å². The molecule has 1 aliphatic heterocycles. The van der Waals surface area contributed by atoms with Gasteiger partial charge in [-0.1, -0.05) is 18.2 Å². The number of hydrogen-bond donors (Lipinski definition) is 2. The van der Waals surface area contributed by atoms with Gasteiger partial charge in [0.25, 0.3) is 0 Å². The maximum absolute atomic E-state index is 5.41. The van der Waals surface area contributed by atoms with Crippen molar-refractivity contribution in [2.24, 2.45) is 4.99 Å². The summed E-state index contributed by atoms with van der Waals surface area (Å²) >= 11 is 0. The third-order valence-electron chi connectivity index (χ3n) is 3.96. The summed E-state index contributed by atoms with van der Waals surface area (Å²) in [5.41, 5.74) is 2.33. The molecule has 25 heavy (non-hydrogen) atoms. The lowest BCUT2D eigenvalue weighted by atomic mass is 10.1. The number of hydrogen-bond acceptors (Lipinski definition) is 4. The fourth-order valence-corrected chi connectivity index (χ4v) is 2.61. The van der Waals surface area contributed by atoms with Crippen molar-refractivity contribution in [1.29, 1.82) is 0 Å². The van der Waals surface area contributed by atoms with Crippen LogP contribution in [-0.2, 0) is 13.0 Å². The maximum Gasteiger partial charge on any atom is 0.231 e. The van der Waals surface area contributed by atoms with Crippen LogP contribution < -0.4 is 24.8 Å². The second-order valence-electron chi connectivity index (χ2n) is 5.64. The SMILES string of the molecule is CN=C(NCCc1ccc2c(c1)OCO2)NCc1cccc(OC)c1. The van der Waals surface area contributed by atoms with Gasteiger partial charge in [-0.3, -0.25) is 4.99 Å². The van der Waals surface area contributed by atoms with Gasteiger partial charge < -0.3 is 24.8 Å². The minimum atomic E-state index is 0.303. The van der Waals surface area contributed by atoms with Crippen LogP contribution in [0, 0.1) is 0 Å². The monoisotopic (exact) mass is 341 g/mol. The third-order valence-corrected chi connectivity index (χ3v) is 3.96. The molecule has 0 fully saturated rings. The number of methoxy groups -OCH3 is 1. The molecule has 0 atom stereocenters. The van der Waals surface area contributed by atoms with Gasteiger partial charge in [0.05, 0.1) is 7.11 Å². The van der Waals surface area contributed by atoms with E-state index in [-0.39, 0.29) is 0 Å². The first kappa shape index (κ1) is 17.0. The summed E-state index contributed by atoms with van der Waals surface area (Å²) in [7, 11) is 3.44. The topological polar surface area (TPSA) is 64.1 Å². The molecule has 0 radical (unpaired) electrons. The van der Waals surface area contributed by atoms with Gasteiger partial charge in [0.2, 0.25) is 6.79 Å². The van der Waals surface area contributed by atoms with Crippen molar-refractivity contribution < 1.29 is 14.2 Å². The van der Waals surface area contributed by atoms with Crippen molar-refractivity contribution in [2.45, 2.75) is 13.0 Å². The standard InChI is InChI=1S/C19H23N3O3/c1-20-19(22-12-15-4-3-5-16(10-15)23-2)21-9-8-14-6-7-17-18(11-14)25-13-24-17/h3-7,10-11H,8-9,12-13H2,1-2H3,(H2,20,21,22). The summed E-state index contributed by atoms with van der Waals surface area (Å²) in [5, 5.41) is 6.62. The first-order valence-corrected chi connectivity index (χ1v) is 8.24. The van der Waals surface area contributed by atoms with E-state index in [1.54, 1.807) is 14.2 Å². The van der Waals surface area contributed by atoms with Crippen LogP contribution in [0.15, 0.2) is 47.5 Å². The molecule has 1 heterocycles. The molecule has 0 unspecified atom stereocenters. The largest absolute Gasteiger partial charge is 0.497 e. The molecule has 3 rings (SSSR count). The average molecular weight is 341 g/mol. The van der Waals surface area contributed by atoms with E-state index in [2.05, 4.69) is 27.8 Å². The van der Waals surface area contributed by atoms with Gasteiger partial charge in [0.1, 0.15) is 5.75 Å². The Morgan fingerprint density at radius 2 is 1.96 bits per heavy atom. The molecule has 0 aliphatic carbocycles. The number of ether oxygens (including phenoxy) is 3. The summed E-state index contributed by atoms with van der Waals surface area (Å²) in [6.07, 6.45) is 0.872. The average Bonchev–Trinajstić information content (AvgIpc) is 3.12. The van der Waals surface area contributed by atoms with Gasteiger partial charge in [-0.05, 0) is 41.8 Å². The third kappa shape index (κ3) is 4.56. The van der Waals surface area contributed by atoms with Crippen molar-refractivity contribution in [3.63, 3.8) is 0 Å². The highest BCUT2D eigenvalue weighted by atomic mass is 16.7. The number of guanidine groups is 1. The van der Waals surface area contributed by atoms with E-state index in [1.165, 1.54) is 5.56 Å². The number of benzene rings is 2. The molecule has 132 valence electrons. The van der Waals surface area contributed by atoms with Crippen LogP contribution in [-0.4, -0.2) is 33.5 Å². The van der Waals surface area contributed by atoms with Crippen LogP contribution in [0.1, 0.15) is 11.1 Å². The van der Waals surface area contributed by atoms with E-state index < -0.39 is 0 Å². The van der Waals surface area contributed by atoms with Crippen LogP contribution in [0.3, 0.4) is 0 Å². The molecule has 0 spiro atoms. The van der Waals surface area contributed by atoms with Crippen molar-refractivity contribution in [3.05, 3.63) is 53.6 Å². The number of aliphatic imine (C=N–C) groups is 1. The molecule has 2 aromatic rings. The molecule has 0 aromatic heterocycles. The highest BCUT2D eigenvalue weighted by Crippen LogP contribution is 2.32. The molecule has 2 N–H and O–H groups in total. The Hall–Kier alpha value is -2.89. The molecule has 6 heteroatoms. The first-order chi connectivity index (χ1) is 12.3. The Kier molecular flexibility index (Phi) is 5.61. The quantitative estimate of drug-likeness (QED) is 0.624. The summed E-state index contributed by atoms with van der Waals surface area (Å²) in [5.74, 6) is 3.25. The van der Waals surface area contributed by atoms with E-state index in [1.807, 2.05) is 30.3 Å². The van der Waals surface area contributed by atoms with E-state index >= 15 is 0 Å². The van der Waals surface area contributed by atoms with Crippen molar-refractivity contribution in [3.8, 4) is 17.2 Å². The molecule has 2 aromatic carbocycles. The zero-order chi connectivity index (χ0) is 17.5. The number of nitrogens with zero attached hydrogens (tertiary/aromatic N) is 1. The Balaban J connectivity index is 1.46. The minimum Gasteiger partial charge on any atom is -0.497 e. The van der Waals surface area contributed by atoms with Crippen LogP contribution in [0.2, 0.25) is 0 Å². The van der Waals surface area contributed by atoms with Gasteiger partial charge in [0, 0.05) is 20.1 Å². The number of fused-ring (bicyclic) bond motifs is 1. The highest BCUT2D eigenvalue weighted by molar-refractivity contribution is 5.79. The zero-order valence-corrected chi connectivity index (χ0v) is 14.5. The fraction of sp³-hybridized carbons (Fsp3) is 0.316. The Bertz CT molecular complexity index is 746. The fourth-order valence-electron chi connectivity index (χ4n) is 2.61. The van der Waals surface area contributed by atoms with Crippen LogP contribution in [0.5, 0.6) is 17.2 Å². The maximum atomic E-state index is 5.41. The molecule has 0 saturated heterocycles. The van der Waals surface area contributed by atoms with E-state index in [0.29, 0.717) is 13.3 Å². The smallest absolute Gasteiger partial charge is 0.231 e. The van der Waals surface area contributed by atoms with Crippen LogP contribution in [0.4, 0.5) is 0 Å². The summed E-state index contributed by atoms with van der Waals surface area (Å²) in [6.45, 7) is 1.76. The van der Waals surface area contributed by atoms with E-state index in [0.717, 1.165) is 41.7 Å². The van der Waals surface area contributed by atoms with E-state index in [4.69, 9.17) is 14.2 Å². The molecular formula is C19H23N3O3. The zero-order valence-electron chi connectivity index (χ0n) is 14.5. The number of nitrogens with one attached hydrogen (secondary N) is 2. The lowest BCUT2D eigenvalue weighted by molar-refractivity contribution is 0.174. The van der Waals surface area contributed by atoms with Gasteiger partial charge >= 0.3 is 0 Å².